The minimum Gasteiger partial charge on any atom is -0.477 e. The molecule has 8 heteroatoms. The largest absolute Gasteiger partial charge is 0.477 e. The summed E-state index contributed by atoms with van der Waals surface area (Å²) in [5.74, 6) is -1.61. The monoisotopic (exact) mass is 568 g/mol. The molecule has 0 aromatic heterocycles. The number of hydrogen-bond donors (Lipinski definition) is 1. The zero-order chi connectivity index (χ0) is 30.1. The van der Waals surface area contributed by atoms with Gasteiger partial charge in [-0.2, -0.15) is 0 Å². The number of ether oxygens (including phenoxy) is 3. The molecule has 0 amide bonds. The van der Waals surface area contributed by atoms with Crippen LogP contribution in [-0.2, 0) is 28.6 Å². The molecule has 0 aromatic rings. The Morgan fingerprint density at radius 2 is 1.25 bits per heavy atom. The minimum atomic E-state index is -0.888. The number of likely N-dealkylation sites (N-methyl/N-ethyl adjacent to an activating group) is 1. The van der Waals surface area contributed by atoms with E-state index in [4.69, 9.17) is 14.2 Å². The first kappa shape index (κ1) is 37.8. The summed E-state index contributed by atoms with van der Waals surface area (Å²) in [6.07, 6.45) is 21.3. The molecule has 2 unspecified atom stereocenters. The molecule has 0 radical (unpaired) electrons. The molecule has 0 saturated heterocycles. The highest BCUT2D eigenvalue weighted by molar-refractivity contribution is 5.72. The number of rotatable bonds is 26. The van der Waals surface area contributed by atoms with Gasteiger partial charge in [0.05, 0.1) is 34.4 Å². The molecule has 1 N–H and O–H groups in total. The average molecular weight is 569 g/mol. The average Bonchev–Trinajstić information content (AvgIpc) is 2.89. The topological polar surface area (TPSA) is 99.1 Å². The minimum absolute atomic E-state index is 0.0352. The maximum Gasteiger partial charge on any atom is 0.362 e. The van der Waals surface area contributed by atoms with Crippen LogP contribution in [0.5, 0.6) is 0 Å². The molecule has 0 heterocycles. The number of hydrogen-bond acceptors (Lipinski definition) is 6. The van der Waals surface area contributed by atoms with Crippen LogP contribution in [0.1, 0.15) is 110 Å². The molecule has 8 nitrogen and oxygen atoms in total. The number of quaternary nitrogens is 1. The summed E-state index contributed by atoms with van der Waals surface area (Å²) in [6.45, 7) is 4.52. The van der Waals surface area contributed by atoms with Crippen molar-refractivity contribution in [3.8, 4) is 0 Å². The van der Waals surface area contributed by atoms with Gasteiger partial charge in [0.15, 0.2) is 12.1 Å². The number of carbonyl (C=O) groups is 3. The van der Waals surface area contributed by atoms with Crippen LogP contribution in [-0.4, -0.2) is 80.6 Å². The van der Waals surface area contributed by atoms with Crippen molar-refractivity contribution in [3.05, 3.63) is 24.3 Å². The highest BCUT2D eigenvalue weighted by Crippen LogP contribution is 2.10. The third-order valence-electron chi connectivity index (χ3n) is 6.60. The van der Waals surface area contributed by atoms with E-state index in [2.05, 4.69) is 26.0 Å². The van der Waals surface area contributed by atoms with Gasteiger partial charge < -0.3 is 23.8 Å². The fourth-order valence-corrected chi connectivity index (χ4v) is 4.12. The second-order valence-corrected chi connectivity index (χ2v) is 11.3. The molecule has 0 saturated carbocycles. The van der Waals surface area contributed by atoms with Crippen LogP contribution in [0.25, 0.3) is 0 Å². The predicted molar refractivity (Wildman–Crippen MR) is 160 cm³/mol. The number of carboxylic acids is 1. The van der Waals surface area contributed by atoms with Crippen LogP contribution in [0.3, 0.4) is 0 Å². The molecular formula is C32H58NO7+. The van der Waals surface area contributed by atoms with Gasteiger partial charge in [-0.15, -0.1) is 0 Å². The molecule has 232 valence electrons. The molecule has 2 atom stereocenters. The van der Waals surface area contributed by atoms with E-state index in [1.54, 1.807) is 0 Å². The molecule has 0 spiro atoms. The number of unbranched alkanes of at least 4 members (excludes halogenated alkanes) is 8. The third kappa shape index (κ3) is 22.6. The summed E-state index contributed by atoms with van der Waals surface area (Å²) in [5.41, 5.74) is 0. The van der Waals surface area contributed by atoms with Gasteiger partial charge in [-0.3, -0.25) is 9.59 Å². The predicted octanol–water partition coefficient (Wildman–Crippen LogP) is 6.62. The van der Waals surface area contributed by atoms with Gasteiger partial charge in [-0.05, 0) is 38.5 Å². The first-order valence-corrected chi connectivity index (χ1v) is 15.4. The van der Waals surface area contributed by atoms with Crippen molar-refractivity contribution in [1.29, 1.82) is 0 Å². The summed E-state index contributed by atoms with van der Waals surface area (Å²) in [6, 6.07) is -0.618. The Balaban J connectivity index is 4.64. The second kappa shape index (κ2) is 24.6. The number of carboxylic acid groups (broad SMARTS) is 1. The van der Waals surface area contributed by atoms with Gasteiger partial charge in [0, 0.05) is 19.3 Å². The fraction of sp³-hybridized carbons (Fsp3) is 0.781. The Morgan fingerprint density at radius 3 is 1.75 bits per heavy atom. The van der Waals surface area contributed by atoms with Crippen LogP contribution >= 0.6 is 0 Å². The van der Waals surface area contributed by atoms with E-state index in [9.17, 15) is 19.5 Å². The van der Waals surface area contributed by atoms with Gasteiger partial charge >= 0.3 is 17.9 Å². The maximum absolute atomic E-state index is 12.4. The number of esters is 2. The number of carbonyl (C=O) groups excluding carboxylic acids is 2. The van der Waals surface area contributed by atoms with Crippen molar-refractivity contribution in [3.63, 3.8) is 0 Å². The van der Waals surface area contributed by atoms with Crippen LogP contribution in [0.2, 0.25) is 0 Å². The number of allylic oxidation sites excluding steroid dienone is 4. The van der Waals surface area contributed by atoms with Gasteiger partial charge in [0.1, 0.15) is 6.61 Å². The van der Waals surface area contributed by atoms with E-state index >= 15 is 0 Å². The lowest BCUT2D eigenvalue weighted by atomic mass is 10.1. The third-order valence-corrected chi connectivity index (χ3v) is 6.60. The van der Waals surface area contributed by atoms with Crippen molar-refractivity contribution >= 4 is 17.9 Å². The highest BCUT2D eigenvalue weighted by atomic mass is 16.6. The van der Waals surface area contributed by atoms with Crippen molar-refractivity contribution in [2.75, 3.05) is 41.0 Å². The number of nitrogens with zero attached hydrogens (tertiary/aromatic N) is 1. The van der Waals surface area contributed by atoms with E-state index in [0.29, 0.717) is 19.3 Å². The summed E-state index contributed by atoms with van der Waals surface area (Å²) in [7, 11) is 5.47. The second-order valence-electron chi connectivity index (χ2n) is 11.3. The fourth-order valence-electron chi connectivity index (χ4n) is 4.12. The van der Waals surface area contributed by atoms with Crippen molar-refractivity contribution in [2.45, 2.75) is 122 Å². The SMILES string of the molecule is CCCCCC/C=C/CCC(=O)OCC(COCCC(C(=O)O)[N+](C)(C)C)OC(=O)CC/C=C/CCCCCC. The normalized spacial score (nSPS) is 13.5. The lowest BCUT2D eigenvalue weighted by Gasteiger charge is -2.31. The van der Waals surface area contributed by atoms with E-state index in [1.165, 1.54) is 44.9 Å². The Bertz CT molecular complexity index is 727. The Hall–Kier alpha value is -2.19. The van der Waals surface area contributed by atoms with Gasteiger partial charge in [-0.25, -0.2) is 4.79 Å². The Labute approximate surface area is 243 Å². The number of aliphatic carboxylic acids is 1. The summed E-state index contributed by atoms with van der Waals surface area (Å²) >= 11 is 0. The molecular weight excluding hydrogens is 510 g/mol. The van der Waals surface area contributed by atoms with Crippen molar-refractivity contribution in [1.82, 2.24) is 0 Å². The van der Waals surface area contributed by atoms with Crippen LogP contribution in [0, 0.1) is 0 Å². The standard InChI is InChI=1S/C32H57NO7/c1-6-8-10-12-14-16-18-20-22-30(34)39-27-28(26-38-25-24-29(32(36)37)33(3,4)5)40-31(35)23-21-19-17-15-13-11-9-7-2/h16-19,28-29H,6-15,20-27H2,1-5H3/p+1/b18-16+,19-17+. The maximum atomic E-state index is 12.4. The quantitative estimate of drug-likeness (QED) is 0.0542. The van der Waals surface area contributed by atoms with Gasteiger partial charge in [-0.1, -0.05) is 76.7 Å². The van der Waals surface area contributed by atoms with Crippen molar-refractivity contribution < 1.29 is 38.2 Å². The summed E-state index contributed by atoms with van der Waals surface area (Å²) in [5, 5.41) is 9.50. The van der Waals surface area contributed by atoms with E-state index in [0.717, 1.165) is 19.3 Å². The van der Waals surface area contributed by atoms with Crippen LogP contribution in [0.4, 0.5) is 0 Å². The molecule has 0 rings (SSSR count). The molecule has 0 aliphatic heterocycles. The Morgan fingerprint density at radius 1 is 0.725 bits per heavy atom. The molecule has 0 aliphatic carbocycles. The van der Waals surface area contributed by atoms with Gasteiger partial charge in [0.2, 0.25) is 0 Å². The molecule has 0 aromatic carbocycles. The first-order valence-electron chi connectivity index (χ1n) is 15.4. The molecule has 0 fully saturated rings. The lowest BCUT2D eigenvalue weighted by Crippen LogP contribution is -2.50. The smallest absolute Gasteiger partial charge is 0.362 e. The van der Waals surface area contributed by atoms with Crippen LogP contribution < -0.4 is 0 Å². The van der Waals surface area contributed by atoms with E-state index in [-0.39, 0.29) is 49.1 Å². The highest BCUT2D eigenvalue weighted by Gasteiger charge is 2.31. The van der Waals surface area contributed by atoms with Crippen LogP contribution in [0.15, 0.2) is 24.3 Å². The molecule has 0 aliphatic rings. The van der Waals surface area contributed by atoms with E-state index < -0.39 is 18.1 Å². The van der Waals surface area contributed by atoms with E-state index in [1.807, 2.05) is 33.3 Å². The molecule has 40 heavy (non-hydrogen) atoms. The van der Waals surface area contributed by atoms with Gasteiger partial charge in [0.25, 0.3) is 0 Å². The summed E-state index contributed by atoms with van der Waals surface area (Å²) < 4.78 is 16.9. The summed E-state index contributed by atoms with van der Waals surface area (Å²) in [4.78, 5) is 36.3. The zero-order valence-electron chi connectivity index (χ0n) is 26.0. The van der Waals surface area contributed by atoms with Crippen molar-refractivity contribution in [2.24, 2.45) is 0 Å². The molecule has 0 bridgehead atoms. The lowest BCUT2D eigenvalue weighted by molar-refractivity contribution is -0.887. The first-order chi connectivity index (χ1) is 19.1. The Kier molecular flexibility index (Phi) is 23.2. The zero-order valence-corrected chi connectivity index (χ0v) is 26.0.